The highest BCUT2D eigenvalue weighted by Crippen LogP contribution is 2.27. The maximum Gasteiger partial charge on any atom is -0.0259 e. The Labute approximate surface area is 95.5 Å². The first-order chi connectivity index (χ1) is 7.09. The van der Waals surface area contributed by atoms with Crippen LogP contribution >= 0.6 is 0 Å². The Bertz CT molecular complexity index is 232. The zero-order valence-electron chi connectivity index (χ0n) is 10.8. The third kappa shape index (κ3) is 4.68. The van der Waals surface area contributed by atoms with Crippen molar-refractivity contribution in [2.75, 3.05) is 0 Å². The summed E-state index contributed by atoms with van der Waals surface area (Å²) in [4.78, 5) is 0. The van der Waals surface area contributed by atoms with E-state index in [9.17, 15) is 0 Å². The molecule has 1 aliphatic rings. The summed E-state index contributed by atoms with van der Waals surface area (Å²) in [5.74, 6) is 2.50. The molecule has 0 aromatic rings. The van der Waals surface area contributed by atoms with E-state index in [2.05, 4.69) is 45.9 Å². The van der Waals surface area contributed by atoms with Crippen molar-refractivity contribution in [3.8, 4) is 0 Å². The summed E-state index contributed by atoms with van der Waals surface area (Å²) >= 11 is 0. The van der Waals surface area contributed by atoms with Crippen LogP contribution in [0.25, 0.3) is 0 Å². The number of hydrogen-bond acceptors (Lipinski definition) is 0. The normalized spacial score (nSPS) is 29.0. The summed E-state index contributed by atoms with van der Waals surface area (Å²) < 4.78 is 0. The molecule has 0 spiro atoms. The zero-order valence-corrected chi connectivity index (χ0v) is 10.8. The maximum atomic E-state index is 2.37. The third-order valence-electron chi connectivity index (χ3n) is 3.67. The molecular weight excluding hydrogens is 180 g/mol. The second-order valence-electron chi connectivity index (χ2n) is 5.50. The fourth-order valence-corrected chi connectivity index (χ4v) is 2.29. The lowest BCUT2D eigenvalue weighted by Gasteiger charge is -2.22. The molecule has 0 amide bonds. The van der Waals surface area contributed by atoms with Gasteiger partial charge in [0.25, 0.3) is 0 Å². The molecule has 0 unspecified atom stereocenters. The van der Waals surface area contributed by atoms with Crippen LogP contribution < -0.4 is 0 Å². The van der Waals surface area contributed by atoms with Crippen LogP contribution in [0.4, 0.5) is 0 Å². The molecule has 0 saturated carbocycles. The highest BCUT2D eigenvalue weighted by atomic mass is 14.2. The van der Waals surface area contributed by atoms with E-state index in [0.717, 1.165) is 17.8 Å². The molecule has 0 nitrogen and oxygen atoms in total. The molecule has 0 radical (unpaired) electrons. The van der Waals surface area contributed by atoms with Crippen LogP contribution in [0.15, 0.2) is 23.8 Å². The predicted molar refractivity (Wildman–Crippen MR) is 68.9 cm³/mol. The molecule has 0 fully saturated rings. The quantitative estimate of drug-likeness (QED) is 0.568. The Hall–Kier alpha value is -0.520. The Balaban J connectivity index is 2.64. The van der Waals surface area contributed by atoms with Crippen molar-refractivity contribution < 1.29 is 0 Å². The van der Waals surface area contributed by atoms with Gasteiger partial charge in [0.2, 0.25) is 0 Å². The van der Waals surface area contributed by atoms with Crippen LogP contribution in [0.5, 0.6) is 0 Å². The molecule has 15 heavy (non-hydrogen) atoms. The van der Waals surface area contributed by atoms with Gasteiger partial charge in [-0.2, -0.15) is 0 Å². The predicted octanol–water partition coefficient (Wildman–Crippen LogP) is 4.97. The van der Waals surface area contributed by atoms with Gasteiger partial charge in [-0.15, -0.1) is 0 Å². The van der Waals surface area contributed by atoms with E-state index in [-0.39, 0.29) is 0 Å². The summed E-state index contributed by atoms with van der Waals surface area (Å²) in [5.41, 5.74) is 1.53. The maximum absolute atomic E-state index is 2.37. The summed E-state index contributed by atoms with van der Waals surface area (Å²) in [6.07, 6.45) is 12.3. The van der Waals surface area contributed by atoms with E-state index in [1.807, 2.05) is 0 Å². The van der Waals surface area contributed by atoms with Gasteiger partial charge in [0.05, 0.1) is 0 Å². The van der Waals surface area contributed by atoms with Gasteiger partial charge in [-0.05, 0) is 50.4 Å². The third-order valence-corrected chi connectivity index (χ3v) is 3.67. The average Bonchev–Trinajstić information content (AvgIpc) is 2.16. The molecule has 0 bridgehead atoms. The molecule has 0 saturated heterocycles. The molecule has 0 heterocycles. The first-order valence-corrected chi connectivity index (χ1v) is 6.43. The lowest BCUT2D eigenvalue weighted by molar-refractivity contribution is 0.317. The highest BCUT2D eigenvalue weighted by molar-refractivity contribution is 5.11. The summed E-state index contributed by atoms with van der Waals surface area (Å²) in [7, 11) is 0. The molecular formula is C15H26. The van der Waals surface area contributed by atoms with Crippen LogP contribution in [0.2, 0.25) is 0 Å². The summed E-state index contributed by atoms with van der Waals surface area (Å²) in [5, 5.41) is 0. The fraction of sp³-hybridized carbons (Fsp3) is 0.733. The van der Waals surface area contributed by atoms with Gasteiger partial charge >= 0.3 is 0 Å². The van der Waals surface area contributed by atoms with E-state index >= 15 is 0 Å². The van der Waals surface area contributed by atoms with Crippen LogP contribution in [0.1, 0.15) is 53.4 Å². The molecule has 0 aliphatic heterocycles. The summed E-state index contributed by atoms with van der Waals surface area (Å²) in [6.45, 7) is 9.33. The van der Waals surface area contributed by atoms with Crippen LogP contribution in [0.3, 0.4) is 0 Å². The first kappa shape index (κ1) is 12.5. The Kier molecular flexibility index (Phi) is 5.14. The first-order valence-electron chi connectivity index (χ1n) is 6.43. The lowest BCUT2D eigenvalue weighted by atomic mass is 9.83. The van der Waals surface area contributed by atoms with E-state index < -0.39 is 0 Å². The largest absolute Gasteiger partial charge is 0.0817 e. The number of rotatable bonds is 1. The smallest absolute Gasteiger partial charge is 0.0259 e. The zero-order chi connectivity index (χ0) is 11.3. The monoisotopic (exact) mass is 206 g/mol. The second-order valence-corrected chi connectivity index (χ2v) is 5.50. The van der Waals surface area contributed by atoms with Gasteiger partial charge in [-0.1, -0.05) is 44.6 Å². The van der Waals surface area contributed by atoms with E-state index in [1.165, 1.54) is 31.3 Å². The fourth-order valence-electron chi connectivity index (χ4n) is 2.29. The van der Waals surface area contributed by atoms with E-state index in [4.69, 9.17) is 0 Å². The van der Waals surface area contributed by atoms with Gasteiger partial charge in [-0.25, -0.2) is 0 Å². The van der Waals surface area contributed by atoms with Gasteiger partial charge in [0.15, 0.2) is 0 Å². The van der Waals surface area contributed by atoms with Crippen molar-refractivity contribution in [2.45, 2.75) is 53.4 Å². The Morgan fingerprint density at radius 3 is 2.60 bits per heavy atom. The van der Waals surface area contributed by atoms with Crippen LogP contribution in [0, 0.1) is 17.8 Å². The Morgan fingerprint density at radius 1 is 1.20 bits per heavy atom. The minimum absolute atomic E-state index is 0.744. The van der Waals surface area contributed by atoms with Crippen molar-refractivity contribution >= 4 is 0 Å². The molecule has 0 N–H and O–H groups in total. The van der Waals surface area contributed by atoms with Crippen LogP contribution in [-0.4, -0.2) is 0 Å². The molecule has 0 heteroatoms. The standard InChI is InChI=1S/C15H26/c1-12(2)15-10-8-13(3)6-5-7-14(4)9-11-15/h5-7,12-13,15H,8-11H2,1-4H3/t13-,15+/m0/s1. The van der Waals surface area contributed by atoms with E-state index in [1.54, 1.807) is 0 Å². The second kappa shape index (κ2) is 6.15. The summed E-state index contributed by atoms with van der Waals surface area (Å²) in [6, 6.07) is 0. The van der Waals surface area contributed by atoms with E-state index in [0.29, 0.717) is 0 Å². The van der Waals surface area contributed by atoms with Gasteiger partial charge in [0, 0.05) is 0 Å². The van der Waals surface area contributed by atoms with Gasteiger partial charge < -0.3 is 0 Å². The number of allylic oxidation sites excluding steroid dienone is 4. The van der Waals surface area contributed by atoms with Gasteiger partial charge in [-0.3, -0.25) is 0 Å². The number of hydrogen-bond donors (Lipinski definition) is 0. The minimum atomic E-state index is 0.744. The minimum Gasteiger partial charge on any atom is -0.0817 e. The highest BCUT2D eigenvalue weighted by Gasteiger charge is 2.14. The lowest BCUT2D eigenvalue weighted by Crippen LogP contribution is -2.10. The van der Waals surface area contributed by atoms with Gasteiger partial charge in [0.1, 0.15) is 0 Å². The van der Waals surface area contributed by atoms with Crippen molar-refractivity contribution in [3.05, 3.63) is 23.8 Å². The van der Waals surface area contributed by atoms with Crippen molar-refractivity contribution in [3.63, 3.8) is 0 Å². The molecule has 1 rings (SSSR count). The Morgan fingerprint density at radius 2 is 1.93 bits per heavy atom. The SMILES string of the molecule is CC1=CC=C[C@H](C)CC[C@@H](C(C)C)CC1. The van der Waals surface area contributed by atoms with Crippen molar-refractivity contribution in [2.24, 2.45) is 17.8 Å². The molecule has 0 aromatic heterocycles. The van der Waals surface area contributed by atoms with Crippen molar-refractivity contribution in [1.82, 2.24) is 0 Å². The average molecular weight is 206 g/mol. The van der Waals surface area contributed by atoms with Crippen LogP contribution in [-0.2, 0) is 0 Å². The molecule has 1 aliphatic carbocycles. The molecule has 2 atom stereocenters. The molecule has 86 valence electrons. The topological polar surface area (TPSA) is 0 Å². The van der Waals surface area contributed by atoms with Crippen molar-refractivity contribution in [1.29, 1.82) is 0 Å². The molecule has 0 aromatic carbocycles.